The Hall–Kier alpha value is -2.55. The summed E-state index contributed by atoms with van der Waals surface area (Å²) in [6.07, 6.45) is 3.30. The number of hydrogen-bond acceptors (Lipinski definition) is 2. The maximum Gasteiger partial charge on any atom is 0.248 e. The number of hydrogen-bond donors (Lipinski definition) is 1. The van der Waals surface area contributed by atoms with Crippen LogP contribution in [-0.4, -0.2) is 13.0 Å². The molecule has 0 aliphatic carbocycles. The molecule has 0 spiro atoms. The van der Waals surface area contributed by atoms with Gasteiger partial charge in [-0.3, -0.25) is 4.79 Å². The molecule has 108 valence electrons. The van der Waals surface area contributed by atoms with Gasteiger partial charge in [0.25, 0.3) is 0 Å². The van der Waals surface area contributed by atoms with Crippen molar-refractivity contribution >= 4 is 17.7 Å². The van der Waals surface area contributed by atoms with Crippen molar-refractivity contribution in [3.63, 3.8) is 0 Å². The minimum Gasteiger partial charge on any atom is -0.497 e. The number of rotatable bonds is 4. The van der Waals surface area contributed by atoms with E-state index in [4.69, 9.17) is 4.74 Å². The van der Waals surface area contributed by atoms with Crippen LogP contribution in [0.2, 0.25) is 0 Å². The molecule has 0 aromatic heterocycles. The van der Waals surface area contributed by atoms with Gasteiger partial charge < -0.3 is 10.1 Å². The van der Waals surface area contributed by atoms with Gasteiger partial charge in [0.2, 0.25) is 5.91 Å². The van der Waals surface area contributed by atoms with E-state index in [1.165, 1.54) is 11.6 Å². The van der Waals surface area contributed by atoms with Crippen molar-refractivity contribution in [2.45, 2.75) is 13.8 Å². The number of anilines is 1. The molecular formula is C18H19NO2. The third-order valence-electron chi connectivity index (χ3n) is 3.32. The maximum atomic E-state index is 11.9. The number of aryl methyl sites for hydroxylation is 2. The van der Waals surface area contributed by atoms with Crippen LogP contribution in [0.3, 0.4) is 0 Å². The third-order valence-corrected chi connectivity index (χ3v) is 3.32. The summed E-state index contributed by atoms with van der Waals surface area (Å²) in [5.41, 5.74) is 4.13. The second-order valence-corrected chi connectivity index (χ2v) is 4.89. The van der Waals surface area contributed by atoms with Gasteiger partial charge in [0, 0.05) is 11.8 Å². The van der Waals surface area contributed by atoms with Gasteiger partial charge in [0.1, 0.15) is 5.75 Å². The van der Waals surface area contributed by atoms with Crippen molar-refractivity contribution in [1.29, 1.82) is 0 Å². The molecule has 0 aliphatic heterocycles. The molecule has 1 amide bonds. The topological polar surface area (TPSA) is 38.3 Å². The normalized spacial score (nSPS) is 10.6. The lowest BCUT2D eigenvalue weighted by molar-refractivity contribution is -0.111. The molecule has 21 heavy (non-hydrogen) atoms. The summed E-state index contributed by atoms with van der Waals surface area (Å²) in [7, 11) is 1.63. The highest BCUT2D eigenvalue weighted by molar-refractivity contribution is 6.01. The van der Waals surface area contributed by atoms with Crippen molar-refractivity contribution in [1.82, 2.24) is 0 Å². The minimum atomic E-state index is -0.144. The summed E-state index contributed by atoms with van der Waals surface area (Å²) < 4.78 is 5.09. The first kappa shape index (κ1) is 14.9. The summed E-state index contributed by atoms with van der Waals surface area (Å²) in [4.78, 5) is 11.9. The van der Waals surface area contributed by atoms with Crippen LogP contribution >= 0.6 is 0 Å². The van der Waals surface area contributed by atoms with Crippen LogP contribution in [0.25, 0.3) is 6.08 Å². The van der Waals surface area contributed by atoms with Gasteiger partial charge in [-0.15, -0.1) is 0 Å². The van der Waals surface area contributed by atoms with Crippen molar-refractivity contribution in [3.05, 3.63) is 65.2 Å². The molecule has 3 nitrogen and oxygen atoms in total. The zero-order chi connectivity index (χ0) is 15.2. The van der Waals surface area contributed by atoms with E-state index in [2.05, 4.69) is 5.32 Å². The fraction of sp³-hybridized carbons (Fsp3) is 0.167. The predicted octanol–water partition coefficient (Wildman–Crippen LogP) is 3.96. The lowest BCUT2D eigenvalue weighted by atomic mass is 10.1. The molecule has 0 saturated carbocycles. The summed E-state index contributed by atoms with van der Waals surface area (Å²) in [6.45, 7) is 4.07. The average molecular weight is 281 g/mol. The second-order valence-electron chi connectivity index (χ2n) is 4.89. The molecule has 0 heterocycles. The number of ether oxygens (including phenoxy) is 1. The second kappa shape index (κ2) is 6.75. The Labute approximate surface area is 125 Å². The first-order valence-electron chi connectivity index (χ1n) is 6.79. The molecule has 0 saturated heterocycles. The van der Waals surface area contributed by atoms with Crippen LogP contribution in [0.4, 0.5) is 5.69 Å². The van der Waals surface area contributed by atoms with Gasteiger partial charge in [0.15, 0.2) is 0 Å². The largest absolute Gasteiger partial charge is 0.497 e. The molecule has 0 fully saturated rings. The van der Waals surface area contributed by atoms with Crippen LogP contribution < -0.4 is 10.1 Å². The van der Waals surface area contributed by atoms with Gasteiger partial charge in [0.05, 0.1) is 7.11 Å². The SMILES string of the molecule is COc1ccc(/C=C/C(=O)Nc2ccc(C)c(C)c2)cc1. The van der Waals surface area contributed by atoms with Crippen LogP contribution in [0.15, 0.2) is 48.5 Å². The van der Waals surface area contributed by atoms with Crippen molar-refractivity contribution in [3.8, 4) is 5.75 Å². The highest BCUT2D eigenvalue weighted by Gasteiger charge is 2.00. The van der Waals surface area contributed by atoms with Gasteiger partial charge in [-0.2, -0.15) is 0 Å². The van der Waals surface area contributed by atoms with E-state index in [1.54, 1.807) is 13.2 Å². The molecule has 1 N–H and O–H groups in total. The Morgan fingerprint density at radius 3 is 2.38 bits per heavy atom. The van der Waals surface area contributed by atoms with Gasteiger partial charge in [-0.1, -0.05) is 18.2 Å². The summed E-state index contributed by atoms with van der Waals surface area (Å²) in [6, 6.07) is 13.4. The monoisotopic (exact) mass is 281 g/mol. The number of benzene rings is 2. The average Bonchev–Trinajstić information content (AvgIpc) is 2.49. The Balaban J connectivity index is 1.99. The lowest BCUT2D eigenvalue weighted by Gasteiger charge is -2.05. The minimum absolute atomic E-state index is 0.144. The van der Waals surface area contributed by atoms with E-state index in [0.717, 1.165) is 22.6 Å². The standard InChI is InChI=1S/C18H19NO2/c1-13-4-8-16(12-14(13)2)19-18(20)11-7-15-5-9-17(21-3)10-6-15/h4-12H,1-3H3,(H,19,20)/b11-7+. The zero-order valence-corrected chi connectivity index (χ0v) is 12.5. The Bertz CT molecular complexity index is 657. The molecule has 2 aromatic rings. The number of amides is 1. The molecule has 2 rings (SSSR count). The smallest absolute Gasteiger partial charge is 0.248 e. The van der Waals surface area contributed by atoms with E-state index in [9.17, 15) is 4.79 Å². The van der Waals surface area contributed by atoms with E-state index in [0.29, 0.717) is 0 Å². The first-order chi connectivity index (χ1) is 10.1. The van der Waals surface area contributed by atoms with Gasteiger partial charge in [-0.05, 0) is 60.9 Å². The van der Waals surface area contributed by atoms with Gasteiger partial charge >= 0.3 is 0 Å². The Morgan fingerprint density at radius 2 is 1.76 bits per heavy atom. The summed E-state index contributed by atoms with van der Waals surface area (Å²) in [5.74, 6) is 0.654. The van der Waals surface area contributed by atoms with Crippen molar-refractivity contribution < 1.29 is 9.53 Å². The van der Waals surface area contributed by atoms with E-state index >= 15 is 0 Å². The molecule has 0 atom stereocenters. The predicted molar refractivity (Wildman–Crippen MR) is 86.6 cm³/mol. The van der Waals surface area contributed by atoms with Crippen LogP contribution in [0.5, 0.6) is 5.75 Å². The fourth-order valence-electron chi connectivity index (χ4n) is 1.89. The van der Waals surface area contributed by atoms with Crippen LogP contribution in [0.1, 0.15) is 16.7 Å². The Morgan fingerprint density at radius 1 is 1.05 bits per heavy atom. The Kier molecular flexibility index (Phi) is 4.77. The van der Waals surface area contributed by atoms with Crippen LogP contribution in [0, 0.1) is 13.8 Å². The fourth-order valence-corrected chi connectivity index (χ4v) is 1.89. The molecular weight excluding hydrogens is 262 g/mol. The lowest BCUT2D eigenvalue weighted by Crippen LogP contribution is -2.07. The molecule has 0 aliphatic rings. The number of carbonyl (C=O) groups excluding carboxylic acids is 1. The van der Waals surface area contributed by atoms with E-state index in [-0.39, 0.29) is 5.91 Å². The zero-order valence-electron chi connectivity index (χ0n) is 12.5. The maximum absolute atomic E-state index is 11.9. The molecule has 2 aromatic carbocycles. The number of carbonyl (C=O) groups is 1. The van der Waals surface area contributed by atoms with E-state index in [1.807, 2.05) is 56.3 Å². The number of nitrogens with one attached hydrogen (secondary N) is 1. The van der Waals surface area contributed by atoms with Crippen LogP contribution in [-0.2, 0) is 4.79 Å². The molecule has 0 bridgehead atoms. The van der Waals surface area contributed by atoms with E-state index < -0.39 is 0 Å². The third kappa shape index (κ3) is 4.21. The molecule has 3 heteroatoms. The summed E-state index contributed by atoms with van der Waals surface area (Å²) >= 11 is 0. The number of methoxy groups -OCH3 is 1. The highest BCUT2D eigenvalue weighted by atomic mass is 16.5. The summed E-state index contributed by atoms with van der Waals surface area (Å²) in [5, 5.41) is 2.85. The quantitative estimate of drug-likeness (QED) is 0.861. The first-order valence-corrected chi connectivity index (χ1v) is 6.79. The van der Waals surface area contributed by atoms with Crippen molar-refractivity contribution in [2.75, 3.05) is 12.4 Å². The van der Waals surface area contributed by atoms with Crippen molar-refractivity contribution in [2.24, 2.45) is 0 Å². The molecule has 0 unspecified atom stereocenters. The van der Waals surface area contributed by atoms with Gasteiger partial charge in [-0.25, -0.2) is 0 Å². The highest BCUT2D eigenvalue weighted by Crippen LogP contribution is 2.15. The molecule has 0 radical (unpaired) electrons.